The molecule has 0 radical (unpaired) electrons. The van der Waals surface area contributed by atoms with E-state index in [1.807, 2.05) is 30.9 Å². The van der Waals surface area contributed by atoms with Crippen LogP contribution in [0, 0.1) is 11.3 Å². The van der Waals surface area contributed by atoms with Gasteiger partial charge in [-0.3, -0.25) is 9.59 Å². The van der Waals surface area contributed by atoms with Crippen LogP contribution in [0.25, 0.3) is 0 Å². The maximum Gasteiger partial charge on any atom is 0.251 e. The predicted octanol–water partition coefficient (Wildman–Crippen LogP) is 3.88. The van der Waals surface area contributed by atoms with Gasteiger partial charge in [0.2, 0.25) is 5.91 Å². The van der Waals surface area contributed by atoms with Crippen molar-refractivity contribution in [2.24, 2.45) is 11.3 Å². The van der Waals surface area contributed by atoms with Gasteiger partial charge in [-0.05, 0) is 54.7 Å². The third kappa shape index (κ3) is 4.72. The monoisotopic (exact) mass is 484 g/mol. The molecule has 0 aromatic heterocycles. The summed E-state index contributed by atoms with van der Waals surface area (Å²) in [6, 6.07) is 14.0. The Morgan fingerprint density at radius 1 is 1.15 bits per heavy atom. The molecule has 3 N–H and O–H groups in total. The average Bonchev–Trinajstić information content (AvgIpc) is 3.28. The number of hydrogen-bond donors (Lipinski definition) is 3. The van der Waals surface area contributed by atoms with Gasteiger partial charge < -0.3 is 20.4 Å². The molecule has 6 nitrogen and oxygen atoms in total. The Bertz CT molecular complexity index is 1050. The summed E-state index contributed by atoms with van der Waals surface area (Å²) in [5, 5.41) is 24.6. The fourth-order valence-corrected chi connectivity index (χ4v) is 5.62. The van der Waals surface area contributed by atoms with Gasteiger partial charge in [-0.2, -0.15) is 0 Å². The lowest BCUT2D eigenvalue weighted by Gasteiger charge is -2.51. The van der Waals surface area contributed by atoms with Crippen LogP contribution in [0.3, 0.4) is 0 Å². The highest BCUT2D eigenvalue weighted by molar-refractivity contribution is 6.30. The van der Waals surface area contributed by atoms with E-state index < -0.39 is 11.0 Å². The van der Waals surface area contributed by atoms with Gasteiger partial charge in [0.25, 0.3) is 5.91 Å². The first-order valence-corrected chi connectivity index (χ1v) is 12.3. The molecule has 1 aliphatic heterocycles. The lowest BCUT2D eigenvalue weighted by atomic mass is 9.66. The van der Waals surface area contributed by atoms with E-state index in [2.05, 4.69) is 5.32 Å². The average molecular weight is 485 g/mol. The summed E-state index contributed by atoms with van der Waals surface area (Å²) in [7, 11) is 0. The molecule has 1 saturated heterocycles. The predicted molar refractivity (Wildman–Crippen MR) is 131 cm³/mol. The van der Waals surface area contributed by atoms with Crippen molar-refractivity contribution in [3.8, 4) is 0 Å². The van der Waals surface area contributed by atoms with Gasteiger partial charge in [0, 0.05) is 35.1 Å². The van der Waals surface area contributed by atoms with Crippen molar-refractivity contribution in [1.29, 1.82) is 0 Å². The molecule has 4 rings (SSSR count). The van der Waals surface area contributed by atoms with Gasteiger partial charge in [-0.25, -0.2) is 0 Å². The number of benzene rings is 2. The molecule has 0 bridgehead atoms. The molecule has 2 aromatic carbocycles. The van der Waals surface area contributed by atoms with Crippen molar-refractivity contribution in [2.75, 3.05) is 13.1 Å². The highest BCUT2D eigenvalue weighted by atomic mass is 35.5. The normalized spacial score (nSPS) is 26.3. The summed E-state index contributed by atoms with van der Waals surface area (Å²) in [6.45, 7) is 4.74. The third-order valence-electron chi connectivity index (χ3n) is 7.60. The summed E-state index contributed by atoms with van der Waals surface area (Å²) in [5.41, 5.74) is 0.351. The molecule has 1 unspecified atom stereocenters. The minimum Gasteiger partial charge on any atom is -0.392 e. The van der Waals surface area contributed by atoms with E-state index in [0.29, 0.717) is 35.7 Å². The number of amides is 2. The summed E-state index contributed by atoms with van der Waals surface area (Å²) in [6.07, 6.45) is 2.81. The van der Waals surface area contributed by atoms with Gasteiger partial charge in [-0.15, -0.1) is 0 Å². The van der Waals surface area contributed by atoms with Crippen molar-refractivity contribution in [3.05, 3.63) is 70.2 Å². The number of nitrogens with one attached hydrogen (secondary N) is 1. The highest BCUT2D eigenvalue weighted by Crippen LogP contribution is 2.46. The topological polar surface area (TPSA) is 89.9 Å². The smallest absolute Gasteiger partial charge is 0.251 e. The summed E-state index contributed by atoms with van der Waals surface area (Å²) >= 11 is 6.03. The van der Waals surface area contributed by atoms with Crippen LogP contribution < -0.4 is 5.32 Å². The summed E-state index contributed by atoms with van der Waals surface area (Å²) < 4.78 is 0. The zero-order valence-corrected chi connectivity index (χ0v) is 20.5. The first kappa shape index (κ1) is 24.7. The van der Waals surface area contributed by atoms with Crippen LogP contribution in [0.1, 0.15) is 61.0 Å². The molecule has 1 saturated carbocycles. The van der Waals surface area contributed by atoms with Gasteiger partial charge >= 0.3 is 0 Å². The number of piperidine rings is 1. The fourth-order valence-electron chi connectivity index (χ4n) is 5.50. The van der Waals surface area contributed by atoms with Crippen molar-refractivity contribution in [3.63, 3.8) is 0 Å². The largest absolute Gasteiger partial charge is 0.392 e. The second kappa shape index (κ2) is 9.68. The minimum absolute atomic E-state index is 0.0399. The Kier molecular flexibility index (Phi) is 7.04. The second-order valence-electron chi connectivity index (χ2n) is 10.2. The van der Waals surface area contributed by atoms with Crippen molar-refractivity contribution < 1.29 is 19.8 Å². The minimum atomic E-state index is -1.06. The Labute approximate surface area is 205 Å². The van der Waals surface area contributed by atoms with Crippen LogP contribution in [-0.2, 0) is 17.0 Å². The van der Waals surface area contributed by atoms with E-state index in [4.69, 9.17) is 11.6 Å². The SMILES string of the molecule is CC1(C)CN(C(=O)[C@H]2CCC[C@H]2NC(=O)c2cccc(CO)c2)CCC1(O)c1ccc(Cl)cc1. The van der Waals surface area contributed by atoms with E-state index in [0.717, 1.165) is 24.8 Å². The number of rotatable bonds is 5. The number of nitrogens with zero attached hydrogens (tertiary/aromatic N) is 1. The molecule has 2 aromatic rings. The third-order valence-corrected chi connectivity index (χ3v) is 7.86. The Balaban J connectivity index is 1.45. The second-order valence-corrected chi connectivity index (χ2v) is 10.7. The number of aliphatic hydroxyl groups is 2. The van der Waals surface area contributed by atoms with Crippen LogP contribution in [0.15, 0.2) is 48.5 Å². The molecule has 0 spiro atoms. The van der Waals surface area contributed by atoms with Crippen LogP contribution in [-0.4, -0.2) is 46.1 Å². The summed E-state index contributed by atoms with van der Waals surface area (Å²) in [5.74, 6) is -0.461. The van der Waals surface area contributed by atoms with Crippen LogP contribution in [0.2, 0.25) is 5.02 Å². The zero-order valence-electron chi connectivity index (χ0n) is 19.8. The Morgan fingerprint density at radius 2 is 1.88 bits per heavy atom. The number of likely N-dealkylation sites (tertiary alicyclic amines) is 1. The van der Waals surface area contributed by atoms with Gasteiger partial charge in [0.1, 0.15) is 0 Å². The van der Waals surface area contributed by atoms with E-state index in [1.165, 1.54) is 0 Å². The molecule has 2 fully saturated rings. The lowest BCUT2D eigenvalue weighted by Crippen LogP contribution is -2.58. The number of aliphatic hydroxyl groups excluding tert-OH is 1. The molecule has 2 aliphatic rings. The molecule has 7 heteroatoms. The molecule has 182 valence electrons. The highest BCUT2D eigenvalue weighted by Gasteiger charge is 2.50. The van der Waals surface area contributed by atoms with E-state index in [-0.39, 0.29) is 30.4 Å². The van der Waals surface area contributed by atoms with Crippen LogP contribution in [0.5, 0.6) is 0 Å². The van der Waals surface area contributed by atoms with Gasteiger partial charge in [0.15, 0.2) is 0 Å². The van der Waals surface area contributed by atoms with Gasteiger partial charge in [0.05, 0.1) is 18.1 Å². The van der Waals surface area contributed by atoms with Crippen LogP contribution >= 0.6 is 11.6 Å². The first-order chi connectivity index (χ1) is 16.1. The van der Waals surface area contributed by atoms with Crippen molar-refractivity contribution in [1.82, 2.24) is 10.2 Å². The van der Waals surface area contributed by atoms with Crippen molar-refractivity contribution >= 4 is 23.4 Å². The Morgan fingerprint density at radius 3 is 2.56 bits per heavy atom. The molecule has 3 atom stereocenters. The first-order valence-electron chi connectivity index (χ1n) is 11.9. The number of carbonyl (C=O) groups excluding carboxylic acids is 2. The Hall–Kier alpha value is -2.41. The molecule has 2 amide bonds. The van der Waals surface area contributed by atoms with Crippen LogP contribution in [0.4, 0.5) is 0 Å². The molecular formula is C27H33ClN2O4. The molecular weight excluding hydrogens is 452 g/mol. The van der Waals surface area contributed by atoms with E-state index in [1.54, 1.807) is 36.4 Å². The lowest BCUT2D eigenvalue weighted by molar-refractivity contribution is -0.156. The molecule has 34 heavy (non-hydrogen) atoms. The summed E-state index contributed by atoms with van der Waals surface area (Å²) in [4.78, 5) is 28.2. The van der Waals surface area contributed by atoms with Crippen molar-refractivity contribution in [2.45, 2.75) is 57.8 Å². The fraction of sp³-hybridized carbons (Fsp3) is 0.481. The molecule has 1 aliphatic carbocycles. The maximum atomic E-state index is 13.6. The zero-order chi connectivity index (χ0) is 24.5. The van der Waals surface area contributed by atoms with E-state index >= 15 is 0 Å². The molecule has 1 heterocycles. The standard InChI is InChI=1S/C27H33ClN2O4/c1-26(2)17-30(14-13-27(26,34)20-9-11-21(28)12-10-20)25(33)22-7-4-8-23(22)29-24(32)19-6-3-5-18(15-19)16-31/h3,5-6,9-12,15,22-23,31,34H,4,7-8,13-14,16-17H2,1-2H3,(H,29,32)/t22-,23+,27?/m0/s1. The number of halogens is 1. The maximum absolute atomic E-state index is 13.6. The number of hydrogen-bond acceptors (Lipinski definition) is 4. The quantitative estimate of drug-likeness (QED) is 0.600. The van der Waals surface area contributed by atoms with Gasteiger partial charge in [-0.1, -0.05) is 56.1 Å². The van der Waals surface area contributed by atoms with E-state index in [9.17, 15) is 19.8 Å². The number of carbonyl (C=O) groups is 2.